The van der Waals surface area contributed by atoms with Gasteiger partial charge in [0.15, 0.2) is 5.78 Å². The molecule has 1 nitrogen and oxygen atoms in total. The topological polar surface area (TPSA) is 17.1 Å². The van der Waals surface area contributed by atoms with Gasteiger partial charge in [-0.25, -0.2) is 0 Å². The molecular weight excluding hydrogens is 544 g/mol. The summed E-state index contributed by atoms with van der Waals surface area (Å²) in [7, 11) is 0. The summed E-state index contributed by atoms with van der Waals surface area (Å²) in [5.74, 6) is 13.6. The van der Waals surface area contributed by atoms with Gasteiger partial charge in [0.2, 0.25) is 0 Å². The van der Waals surface area contributed by atoms with Crippen molar-refractivity contribution < 1.29 is 4.79 Å². The zero-order valence-corrected chi connectivity index (χ0v) is 25.5. The quantitative estimate of drug-likeness (QED) is 0.176. The average molecular weight is 579 g/mol. The lowest BCUT2D eigenvalue weighted by atomic mass is 9.90. The molecular formula is C44H34O. The van der Waals surface area contributed by atoms with Gasteiger partial charge < -0.3 is 0 Å². The first-order chi connectivity index (χ1) is 22.2. The second-order valence-corrected chi connectivity index (χ2v) is 11.2. The first-order valence-corrected chi connectivity index (χ1v) is 15.4. The van der Waals surface area contributed by atoms with Crippen molar-refractivity contribution in [3.8, 4) is 23.7 Å². The molecule has 0 heterocycles. The van der Waals surface area contributed by atoms with Crippen LogP contribution < -0.4 is 0 Å². The maximum Gasteiger partial charge on any atom is 0.195 e. The number of ketones is 1. The summed E-state index contributed by atoms with van der Waals surface area (Å²) in [5.41, 5.74) is 11.1. The van der Waals surface area contributed by atoms with Gasteiger partial charge in [-0.1, -0.05) is 163 Å². The predicted molar refractivity (Wildman–Crippen MR) is 187 cm³/mol. The molecule has 0 bridgehead atoms. The molecule has 1 aliphatic rings. The lowest BCUT2D eigenvalue weighted by Crippen LogP contribution is -2.02. The number of hydrogen-bond acceptors (Lipinski definition) is 1. The smallest absolute Gasteiger partial charge is 0.195 e. The second kappa shape index (κ2) is 14.2. The lowest BCUT2D eigenvalue weighted by molar-refractivity contribution is -0.108. The Morgan fingerprint density at radius 1 is 0.400 bits per heavy atom. The first-order valence-electron chi connectivity index (χ1n) is 15.4. The molecule has 0 saturated carbocycles. The van der Waals surface area contributed by atoms with Crippen LogP contribution in [0.5, 0.6) is 0 Å². The molecule has 6 rings (SSSR count). The van der Waals surface area contributed by atoms with Crippen molar-refractivity contribution in [2.24, 2.45) is 0 Å². The molecule has 0 atom stereocenters. The molecule has 0 aliphatic heterocycles. The summed E-state index contributed by atoms with van der Waals surface area (Å²) < 4.78 is 0. The lowest BCUT2D eigenvalue weighted by Gasteiger charge is -2.13. The van der Waals surface area contributed by atoms with E-state index >= 15 is 0 Å². The van der Waals surface area contributed by atoms with Crippen LogP contribution in [0.15, 0.2) is 145 Å². The number of hydrogen-bond donors (Lipinski definition) is 0. The molecule has 0 saturated heterocycles. The van der Waals surface area contributed by atoms with Crippen LogP contribution >= 0.6 is 0 Å². The number of carbonyl (C=O) groups is 1. The molecule has 216 valence electrons. The molecule has 0 fully saturated rings. The van der Waals surface area contributed by atoms with Gasteiger partial charge >= 0.3 is 0 Å². The number of Topliss-reactive ketones (excluding diaryl/α,β-unsaturated/α-hetero) is 1. The van der Waals surface area contributed by atoms with Gasteiger partial charge in [-0.3, -0.25) is 4.79 Å². The third-order valence-corrected chi connectivity index (χ3v) is 8.03. The molecule has 0 N–H and O–H groups in total. The van der Waals surface area contributed by atoms with Crippen molar-refractivity contribution in [1.82, 2.24) is 0 Å². The molecule has 0 unspecified atom stereocenters. The minimum Gasteiger partial charge on any atom is -0.289 e. The van der Waals surface area contributed by atoms with E-state index in [2.05, 4.69) is 73.1 Å². The van der Waals surface area contributed by atoms with Crippen LogP contribution in [-0.4, -0.2) is 5.78 Å². The highest BCUT2D eigenvalue weighted by Gasteiger charge is 2.32. The van der Waals surface area contributed by atoms with E-state index in [1.807, 2.05) is 97.1 Å². The van der Waals surface area contributed by atoms with Crippen LogP contribution in [-0.2, 0) is 30.5 Å². The Morgan fingerprint density at radius 2 is 0.778 bits per heavy atom. The van der Waals surface area contributed by atoms with E-state index in [4.69, 9.17) is 0 Å². The highest BCUT2D eigenvalue weighted by atomic mass is 16.1. The molecule has 0 spiro atoms. The normalized spacial score (nSPS) is 12.4. The van der Waals surface area contributed by atoms with Crippen molar-refractivity contribution in [3.63, 3.8) is 0 Å². The van der Waals surface area contributed by atoms with Crippen molar-refractivity contribution >= 4 is 22.5 Å². The Morgan fingerprint density at radius 3 is 1.22 bits per heavy atom. The van der Waals surface area contributed by atoms with E-state index in [-0.39, 0.29) is 5.78 Å². The van der Waals surface area contributed by atoms with Crippen molar-refractivity contribution in [1.29, 1.82) is 0 Å². The zero-order chi connectivity index (χ0) is 30.8. The SMILES string of the molecule is CC1=C(c2ccccc2)C(=O)C(c2ccccc2)=C1c1cc(CC#CCc2ccccc2)cc(CC#CCc2ccccc2)c1. The summed E-state index contributed by atoms with van der Waals surface area (Å²) in [4.78, 5) is 14.2. The molecule has 0 aromatic heterocycles. The van der Waals surface area contributed by atoms with E-state index < -0.39 is 0 Å². The van der Waals surface area contributed by atoms with Crippen molar-refractivity contribution in [2.75, 3.05) is 0 Å². The van der Waals surface area contributed by atoms with E-state index in [0.717, 1.165) is 63.0 Å². The average Bonchev–Trinajstić information content (AvgIpc) is 3.36. The molecule has 1 aliphatic carbocycles. The minimum absolute atomic E-state index is 0.0668. The van der Waals surface area contributed by atoms with E-state index in [1.165, 1.54) is 11.1 Å². The third-order valence-electron chi connectivity index (χ3n) is 8.03. The van der Waals surface area contributed by atoms with Gasteiger partial charge in [0.05, 0.1) is 0 Å². The van der Waals surface area contributed by atoms with Gasteiger partial charge in [0.25, 0.3) is 0 Å². The number of benzene rings is 5. The first kappa shape index (κ1) is 29.4. The Hall–Kier alpha value is -5.63. The zero-order valence-electron chi connectivity index (χ0n) is 25.5. The Labute approximate surface area is 267 Å². The highest BCUT2D eigenvalue weighted by molar-refractivity contribution is 6.52. The van der Waals surface area contributed by atoms with Gasteiger partial charge in [-0.15, -0.1) is 0 Å². The van der Waals surface area contributed by atoms with Gasteiger partial charge in [-0.05, 0) is 57.0 Å². The minimum atomic E-state index is 0.0668. The van der Waals surface area contributed by atoms with E-state index in [9.17, 15) is 4.79 Å². The molecule has 5 aromatic carbocycles. The second-order valence-electron chi connectivity index (χ2n) is 11.2. The van der Waals surface area contributed by atoms with E-state index in [1.54, 1.807) is 0 Å². The van der Waals surface area contributed by atoms with Crippen LogP contribution in [0.2, 0.25) is 0 Å². The van der Waals surface area contributed by atoms with Gasteiger partial charge in [0.1, 0.15) is 0 Å². The number of rotatable bonds is 7. The maximum atomic E-state index is 14.2. The Kier molecular flexibility index (Phi) is 9.31. The van der Waals surface area contributed by atoms with Crippen molar-refractivity contribution in [2.45, 2.75) is 32.6 Å². The molecule has 45 heavy (non-hydrogen) atoms. The molecule has 0 radical (unpaired) electrons. The Bertz CT molecular complexity index is 1910. The summed E-state index contributed by atoms with van der Waals surface area (Å²) in [6.45, 7) is 2.08. The summed E-state index contributed by atoms with van der Waals surface area (Å²) >= 11 is 0. The molecule has 1 heteroatoms. The van der Waals surface area contributed by atoms with Crippen LogP contribution in [0, 0.1) is 23.7 Å². The summed E-state index contributed by atoms with van der Waals surface area (Å²) in [6, 6.07) is 47.4. The van der Waals surface area contributed by atoms with Crippen molar-refractivity contribution in [3.05, 3.63) is 184 Å². The van der Waals surface area contributed by atoms with Crippen LogP contribution in [0.3, 0.4) is 0 Å². The fourth-order valence-electron chi connectivity index (χ4n) is 5.88. The highest BCUT2D eigenvalue weighted by Crippen LogP contribution is 2.45. The fraction of sp³-hybridized carbons (Fsp3) is 0.114. The summed E-state index contributed by atoms with van der Waals surface area (Å²) in [6.07, 6.45) is 2.69. The van der Waals surface area contributed by atoms with Crippen LogP contribution in [0.4, 0.5) is 0 Å². The number of allylic oxidation sites excluding steroid dienone is 4. The van der Waals surface area contributed by atoms with Crippen LogP contribution in [0.25, 0.3) is 16.7 Å². The van der Waals surface area contributed by atoms with E-state index in [0.29, 0.717) is 12.8 Å². The largest absolute Gasteiger partial charge is 0.289 e. The molecule has 0 amide bonds. The maximum absolute atomic E-state index is 14.2. The van der Waals surface area contributed by atoms with Gasteiger partial charge in [0, 0.05) is 36.8 Å². The molecule has 5 aromatic rings. The number of carbonyl (C=O) groups excluding carboxylic acids is 1. The Balaban J connectivity index is 1.41. The monoisotopic (exact) mass is 578 g/mol. The fourth-order valence-corrected chi connectivity index (χ4v) is 5.88. The summed E-state index contributed by atoms with van der Waals surface area (Å²) in [5, 5.41) is 0. The third kappa shape index (κ3) is 7.13. The standard InChI is InChI=1S/C44H34O/c1-33-41(43(39-28-12-5-13-29-39)44(45)42(33)38-26-10-4-11-27-38)40-31-36(24-16-14-22-34-18-6-2-7-19-34)30-37(32-40)25-17-15-23-35-20-8-3-9-21-35/h2-13,18-21,26-32H,22-25H2,1H3. The van der Waals surface area contributed by atoms with Gasteiger partial charge in [-0.2, -0.15) is 0 Å². The predicted octanol–water partition coefficient (Wildman–Crippen LogP) is 9.23. The van der Waals surface area contributed by atoms with Crippen LogP contribution in [0.1, 0.15) is 45.9 Å².